The lowest BCUT2D eigenvalue weighted by Gasteiger charge is -2.27. The fourth-order valence-corrected chi connectivity index (χ4v) is 2.70. The largest absolute Gasteiger partial charge is 0.444 e. The lowest BCUT2D eigenvalue weighted by atomic mass is 10.2. The van der Waals surface area contributed by atoms with Crippen LogP contribution in [0.3, 0.4) is 0 Å². The van der Waals surface area contributed by atoms with Gasteiger partial charge in [0, 0.05) is 25.7 Å². The molecule has 4 nitrogen and oxygen atoms in total. The monoisotopic (exact) mass is 312 g/mol. The van der Waals surface area contributed by atoms with Crippen molar-refractivity contribution in [2.75, 3.05) is 19.6 Å². The van der Waals surface area contributed by atoms with Crippen LogP contribution in [0.2, 0.25) is 0 Å². The Morgan fingerprint density at radius 1 is 1.43 bits per heavy atom. The second-order valence-corrected chi connectivity index (χ2v) is 6.98. The topological polar surface area (TPSA) is 41.6 Å². The fourth-order valence-electron chi connectivity index (χ4n) is 1.95. The molecule has 0 radical (unpaired) electrons. The Morgan fingerprint density at radius 2 is 2.14 bits per heavy atom. The molecule has 1 atom stereocenters. The molecular formula is C16H28N2O2S. The molecule has 1 rings (SSSR count). The second kappa shape index (κ2) is 8.39. The van der Waals surface area contributed by atoms with Crippen LogP contribution in [0, 0.1) is 0 Å². The average molecular weight is 312 g/mol. The number of hydrogen-bond donors (Lipinski definition) is 1. The lowest BCUT2D eigenvalue weighted by Crippen LogP contribution is -2.41. The normalized spacial score (nSPS) is 13.0. The maximum atomic E-state index is 12.1. The molecule has 5 heteroatoms. The SMILES string of the molecule is CCCN(CCNC(C)c1ccsc1)C(=O)OC(C)(C)C. The minimum Gasteiger partial charge on any atom is -0.444 e. The fraction of sp³-hybridized carbons (Fsp3) is 0.688. The first-order valence-electron chi connectivity index (χ1n) is 7.57. The minimum absolute atomic E-state index is 0.227. The van der Waals surface area contributed by atoms with E-state index < -0.39 is 5.60 Å². The van der Waals surface area contributed by atoms with Gasteiger partial charge < -0.3 is 15.0 Å². The predicted octanol–water partition coefficient (Wildman–Crippen LogP) is 4.05. The maximum absolute atomic E-state index is 12.1. The van der Waals surface area contributed by atoms with Gasteiger partial charge in [-0.1, -0.05) is 6.92 Å². The molecule has 21 heavy (non-hydrogen) atoms. The molecule has 1 N–H and O–H groups in total. The Balaban J connectivity index is 2.42. The van der Waals surface area contributed by atoms with Gasteiger partial charge in [0.15, 0.2) is 0 Å². The summed E-state index contributed by atoms with van der Waals surface area (Å²) in [4.78, 5) is 13.9. The van der Waals surface area contributed by atoms with Crippen LogP contribution < -0.4 is 5.32 Å². The van der Waals surface area contributed by atoms with Gasteiger partial charge in [-0.15, -0.1) is 0 Å². The lowest BCUT2D eigenvalue weighted by molar-refractivity contribution is 0.0251. The molecule has 0 aliphatic heterocycles. The van der Waals surface area contributed by atoms with Crippen molar-refractivity contribution in [1.29, 1.82) is 0 Å². The summed E-state index contributed by atoms with van der Waals surface area (Å²) < 4.78 is 5.44. The molecule has 0 aromatic carbocycles. The highest BCUT2D eigenvalue weighted by Crippen LogP contribution is 2.15. The summed E-state index contributed by atoms with van der Waals surface area (Å²) in [6, 6.07) is 2.43. The summed E-state index contributed by atoms with van der Waals surface area (Å²) in [5, 5.41) is 7.68. The van der Waals surface area contributed by atoms with Crippen molar-refractivity contribution < 1.29 is 9.53 Å². The number of carbonyl (C=O) groups is 1. The van der Waals surface area contributed by atoms with Crippen LogP contribution in [0.1, 0.15) is 52.6 Å². The molecule has 1 unspecified atom stereocenters. The van der Waals surface area contributed by atoms with E-state index in [0.717, 1.165) is 19.5 Å². The molecule has 0 aliphatic carbocycles. The molecule has 0 saturated heterocycles. The van der Waals surface area contributed by atoms with Crippen LogP contribution in [-0.2, 0) is 4.74 Å². The van der Waals surface area contributed by atoms with Crippen molar-refractivity contribution in [3.05, 3.63) is 22.4 Å². The van der Waals surface area contributed by atoms with Gasteiger partial charge in [-0.2, -0.15) is 11.3 Å². The van der Waals surface area contributed by atoms with Gasteiger partial charge in [-0.3, -0.25) is 0 Å². The van der Waals surface area contributed by atoms with Gasteiger partial charge in [0.1, 0.15) is 5.60 Å². The Morgan fingerprint density at radius 3 is 2.67 bits per heavy atom. The number of nitrogens with zero attached hydrogens (tertiary/aromatic N) is 1. The summed E-state index contributed by atoms with van der Waals surface area (Å²) in [6.45, 7) is 12.0. The summed E-state index contributed by atoms with van der Waals surface area (Å²) in [6.07, 6.45) is 0.702. The molecule has 1 heterocycles. The molecule has 120 valence electrons. The van der Waals surface area contributed by atoms with Crippen LogP contribution in [0.15, 0.2) is 16.8 Å². The summed E-state index contributed by atoms with van der Waals surface area (Å²) in [5.41, 5.74) is 0.847. The van der Waals surface area contributed by atoms with E-state index >= 15 is 0 Å². The molecular weight excluding hydrogens is 284 g/mol. The summed E-state index contributed by atoms with van der Waals surface area (Å²) >= 11 is 1.70. The third-order valence-electron chi connectivity index (χ3n) is 3.02. The van der Waals surface area contributed by atoms with Crippen molar-refractivity contribution in [1.82, 2.24) is 10.2 Å². The van der Waals surface area contributed by atoms with Gasteiger partial charge in [-0.25, -0.2) is 4.79 Å². The molecule has 0 bridgehead atoms. The second-order valence-electron chi connectivity index (χ2n) is 6.20. The van der Waals surface area contributed by atoms with Crippen LogP contribution in [0.25, 0.3) is 0 Å². The molecule has 0 fully saturated rings. The molecule has 1 aromatic heterocycles. The van der Waals surface area contributed by atoms with Gasteiger partial charge in [0.2, 0.25) is 0 Å². The maximum Gasteiger partial charge on any atom is 0.410 e. The van der Waals surface area contributed by atoms with E-state index in [9.17, 15) is 4.79 Å². The van der Waals surface area contributed by atoms with Gasteiger partial charge >= 0.3 is 6.09 Å². The van der Waals surface area contributed by atoms with E-state index in [-0.39, 0.29) is 6.09 Å². The van der Waals surface area contributed by atoms with Crippen molar-refractivity contribution in [3.8, 4) is 0 Å². The Labute approximate surface area is 132 Å². The van der Waals surface area contributed by atoms with E-state index in [4.69, 9.17) is 4.74 Å². The summed E-state index contributed by atoms with van der Waals surface area (Å²) in [5.74, 6) is 0. The standard InChI is InChI=1S/C16H28N2O2S/c1-6-9-18(15(19)20-16(3,4)5)10-8-17-13(2)14-7-11-21-12-14/h7,11-13,17H,6,8-10H2,1-5H3. The van der Waals surface area contributed by atoms with E-state index in [1.165, 1.54) is 5.56 Å². The Hall–Kier alpha value is -1.07. The first-order valence-corrected chi connectivity index (χ1v) is 8.51. The third-order valence-corrected chi connectivity index (χ3v) is 3.72. The highest BCUT2D eigenvalue weighted by molar-refractivity contribution is 7.07. The zero-order chi connectivity index (χ0) is 15.9. The Kier molecular flexibility index (Phi) is 7.18. The number of rotatable bonds is 7. The van der Waals surface area contributed by atoms with Crippen LogP contribution in [-0.4, -0.2) is 36.2 Å². The van der Waals surface area contributed by atoms with Gasteiger partial charge in [0.05, 0.1) is 0 Å². The van der Waals surface area contributed by atoms with Crippen LogP contribution in [0.4, 0.5) is 4.79 Å². The van der Waals surface area contributed by atoms with Gasteiger partial charge in [0.25, 0.3) is 0 Å². The number of hydrogen-bond acceptors (Lipinski definition) is 4. The molecule has 0 spiro atoms. The van der Waals surface area contributed by atoms with Crippen molar-refractivity contribution >= 4 is 17.4 Å². The van der Waals surface area contributed by atoms with Crippen LogP contribution >= 0.6 is 11.3 Å². The number of thiophene rings is 1. The average Bonchev–Trinajstić information content (AvgIpc) is 2.89. The van der Waals surface area contributed by atoms with E-state index in [2.05, 4.69) is 36.0 Å². The number of ether oxygens (including phenoxy) is 1. The number of nitrogens with one attached hydrogen (secondary N) is 1. The molecule has 1 amide bonds. The number of amides is 1. The zero-order valence-electron chi connectivity index (χ0n) is 13.8. The first kappa shape index (κ1) is 18.0. The zero-order valence-corrected chi connectivity index (χ0v) is 14.6. The van der Waals surface area contributed by atoms with Gasteiger partial charge in [-0.05, 0) is 56.5 Å². The number of carbonyl (C=O) groups excluding carboxylic acids is 1. The Bertz CT molecular complexity index is 412. The quantitative estimate of drug-likeness (QED) is 0.826. The predicted molar refractivity (Wildman–Crippen MR) is 88.8 cm³/mol. The van der Waals surface area contributed by atoms with Crippen molar-refractivity contribution in [3.63, 3.8) is 0 Å². The van der Waals surface area contributed by atoms with Crippen molar-refractivity contribution in [2.45, 2.75) is 52.7 Å². The summed E-state index contributed by atoms with van der Waals surface area (Å²) in [7, 11) is 0. The molecule has 0 aliphatic rings. The highest BCUT2D eigenvalue weighted by Gasteiger charge is 2.21. The van der Waals surface area contributed by atoms with E-state index in [1.54, 1.807) is 16.2 Å². The molecule has 1 aromatic rings. The smallest absolute Gasteiger partial charge is 0.410 e. The highest BCUT2D eigenvalue weighted by atomic mass is 32.1. The minimum atomic E-state index is -0.444. The van der Waals surface area contributed by atoms with E-state index in [1.807, 2.05) is 20.8 Å². The van der Waals surface area contributed by atoms with Crippen LogP contribution in [0.5, 0.6) is 0 Å². The third kappa shape index (κ3) is 6.96. The first-order chi connectivity index (χ1) is 9.83. The van der Waals surface area contributed by atoms with E-state index in [0.29, 0.717) is 12.6 Å². The van der Waals surface area contributed by atoms with Crippen molar-refractivity contribution in [2.24, 2.45) is 0 Å². The molecule has 0 saturated carbocycles.